The van der Waals surface area contributed by atoms with Crippen molar-refractivity contribution < 1.29 is 28.6 Å². The van der Waals surface area contributed by atoms with Crippen LogP contribution >= 0.6 is 0 Å². The monoisotopic (exact) mass is 389 g/mol. The van der Waals surface area contributed by atoms with Crippen LogP contribution in [0.4, 0.5) is 8.78 Å². The molecule has 0 aromatic rings. The Morgan fingerprint density at radius 2 is 1.96 bits per heavy atom. The third-order valence-corrected chi connectivity index (χ3v) is 5.11. The third kappa shape index (κ3) is 7.95. The lowest BCUT2D eigenvalue weighted by Gasteiger charge is -2.22. The van der Waals surface area contributed by atoms with Crippen molar-refractivity contribution in [2.75, 3.05) is 6.54 Å². The number of halogens is 2. The number of amides is 1. The largest absolute Gasteiger partial charge is 0.481 e. The van der Waals surface area contributed by atoms with Gasteiger partial charge in [0.25, 0.3) is 5.91 Å². The Balaban J connectivity index is 2.55. The van der Waals surface area contributed by atoms with Crippen molar-refractivity contribution in [3.05, 3.63) is 12.2 Å². The van der Waals surface area contributed by atoms with Gasteiger partial charge in [-0.05, 0) is 25.2 Å². The maximum atomic E-state index is 13.9. The van der Waals surface area contributed by atoms with Crippen LogP contribution in [-0.2, 0) is 9.59 Å². The van der Waals surface area contributed by atoms with Crippen LogP contribution in [-0.4, -0.2) is 51.6 Å². The zero-order valence-electron chi connectivity index (χ0n) is 16.4. The van der Waals surface area contributed by atoms with Gasteiger partial charge in [-0.2, -0.15) is 8.78 Å². The van der Waals surface area contributed by atoms with Crippen molar-refractivity contribution in [3.63, 3.8) is 0 Å². The van der Waals surface area contributed by atoms with E-state index in [1.165, 1.54) is 11.0 Å². The van der Waals surface area contributed by atoms with Gasteiger partial charge in [0.15, 0.2) is 0 Å². The van der Waals surface area contributed by atoms with Gasteiger partial charge in [-0.1, -0.05) is 51.7 Å². The average Bonchev–Trinajstić information content (AvgIpc) is 2.82. The maximum absolute atomic E-state index is 13.9. The number of aliphatic carboxylic acids is 1. The zero-order valence-corrected chi connectivity index (χ0v) is 16.4. The number of aliphatic hydroxyl groups is 1. The normalized spacial score (nSPS) is 21.7. The summed E-state index contributed by atoms with van der Waals surface area (Å²) in [5, 5.41) is 18.8. The highest BCUT2D eigenvalue weighted by Gasteiger charge is 2.52. The van der Waals surface area contributed by atoms with Gasteiger partial charge >= 0.3 is 11.9 Å². The summed E-state index contributed by atoms with van der Waals surface area (Å²) in [4.78, 5) is 23.6. The fraction of sp³-hybridized carbons (Fsp3) is 0.800. The summed E-state index contributed by atoms with van der Waals surface area (Å²) in [6.07, 6.45) is 7.29. The van der Waals surface area contributed by atoms with E-state index in [4.69, 9.17) is 5.11 Å². The number of likely N-dealkylation sites (tertiary alicyclic amines) is 1. The van der Waals surface area contributed by atoms with E-state index >= 15 is 0 Å². The highest BCUT2D eigenvalue weighted by atomic mass is 19.3. The molecule has 0 bridgehead atoms. The molecule has 2 N–H and O–H groups in total. The minimum Gasteiger partial charge on any atom is -0.481 e. The van der Waals surface area contributed by atoms with E-state index in [9.17, 15) is 23.5 Å². The van der Waals surface area contributed by atoms with Gasteiger partial charge in [-0.15, -0.1) is 0 Å². The molecule has 5 nitrogen and oxygen atoms in total. The van der Waals surface area contributed by atoms with Crippen LogP contribution in [0.3, 0.4) is 0 Å². The van der Waals surface area contributed by atoms with E-state index in [-0.39, 0.29) is 18.9 Å². The summed E-state index contributed by atoms with van der Waals surface area (Å²) < 4.78 is 27.7. The fourth-order valence-corrected chi connectivity index (χ4v) is 3.30. The average molecular weight is 389 g/mol. The maximum Gasteiger partial charge on any atom is 0.327 e. The Kier molecular flexibility index (Phi) is 9.91. The molecular weight excluding hydrogens is 356 g/mol. The standard InChI is InChI=1S/C20H33F2NO4/c1-3-4-9-15(2)17(24)12-11-16-14-20(21,22)19(27)23(16)13-8-6-5-7-10-18(25)26/h11-12,15-17,24H,3-10,13-14H2,1-2H3,(H,25,26)/t15-,16-,17+/m0/s1. The Morgan fingerprint density at radius 1 is 1.30 bits per heavy atom. The number of hydrogen-bond donors (Lipinski definition) is 2. The van der Waals surface area contributed by atoms with Crippen LogP contribution in [0, 0.1) is 5.92 Å². The number of aliphatic hydroxyl groups excluding tert-OH is 1. The van der Waals surface area contributed by atoms with Gasteiger partial charge in [-0.25, -0.2) is 0 Å². The van der Waals surface area contributed by atoms with E-state index in [1.807, 2.05) is 6.92 Å². The molecule has 0 radical (unpaired) electrons. The SMILES string of the molecule is CCCC[C@H](C)[C@H](O)C=C[C@H]1CC(F)(F)C(=O)N1CCCCCCC(=O)O. The molecule has 0 aromatic carbocycles. The van der Waals surface area contributed by atoms with Crippen molar-refractivity contribution in [2.24, 2.45) is 5.92 Å². The molecule has 1 rings (SSSR count). The number of nitrogens with zero attached hydrogens (tertiary/aromatic N) is 1. The molecule has 1 aliphatic rings. The number of alkyl halides is 2. The van der Waals surface area contributed by atoms with Gasteiger partial charge in [-0.3, -0.25) is 9.59 Å². The number of carboxylic acid groups (broad SMARTS) is 1. The molecule has 1 saturated heterocycles. The van der Waals surface area contributed by atoms with Gasteiger partial charge in [0.1, 0.15) is 0 Å². The first-order valence-electron chi connectivity index (χ1n) is 9.96. The molecule has 7 heteroatoms. The molecule has 0 saturated carbocycles. The van der Waals surface area contributed by atoms with Crippen LogP contribution in [0.25, 0.3) is 0 Å². The first-order chi connectivity index (χ1) is 12.7. The zero-order chi connectivity index (χ0) is 20.4. The molecule has 0 aromatic heterocycles. The summed E-state index contributed by atoms with van der Waals surface area (Å²) in [5.41, 5.74) is 0. The van der Waals surface area contributed by atoms with Crippen LogP contribution in [0.2, 0.25) is 0 Å². The third-order valence-electron chi connectivity index (χ3n) is 5.11. The second kappa shape index (κ2) is 11.4. The Labute approximate surface area is 160 Å². The molecule has 1 aliphatic heterocycles. The molecule has 156 valence electrons. The van der Waals surface area contributed by atoms with Gasteiger partial charge in [0, 0.05) is 19.4 Å². The van der Waals surface area contributed by atoms with Crippen molar-refractivity contribution in [2.45, 2.75) is 89.7 Å². The van der Waals surface area contributed by atoms with Crippen molar-refractivity contribution in [1.29, 1.82) is 0 Å². The van der Waals surface area contributed by atoms with Crippen LogP contribution < -0.4 is 0 Å². The first-order valence-corrected chi connectivity index (χ1v) is 9.96. The number of hydrogen-bond acceptors (Lipinski definition) is 3. The molecule has 0 unspecified atom stereocenters. The number of rotatable bonds is 13. The van der Waals surface area contributed by atoms with Crippen molar-refractivity contribution >= 4 is 11.9 Å². The summed E-state index contributed by atoms with van der Waals surface area (Å²) in [6.45, 7) is 4.21. The van der Waals surface area contributed by atoms with E-state index in [2.05, 4.69) is 6.92 Å². The first kappa shape index (κ1) is 23.5. The molecule has 3 atom stereocenters. The minimum atomic E-state index is -3.36. The molecule has 0 spiro atoms. The topological polar surface area (TPSA) is 77.8 Å². The number of carbonyl (C=O) groups is 2. The molecule has 0 aliphatic carbocycles. The Hall–Kier alpha value is -1.50. The summed E-state index contributed by atoms with van der Waals surface area (Å²) >= 11 is 0. The Morgan fingerprint density at radius 3 is 2.59 bits per heavy atom. The second-order valence-corrected chi connectivity index (χ2v) is 7.53. The predicted molar refractivity (Wildman–Crippen MR) is 99.6 cm³/mol. The predicted octanol–water partition coefficient (Wildman–Crippen LogP) is 4.00. The fourth-order valence-electron chi connectivity index (χ4n) is 3.30. The van der Waals surface area contributed by atoms with E-state index in [0.29, 0.717) is 25.7 Å². The van der Waals surface area contributed by atoms with Crippen LogP contribution in [0.1, 0.15) is 71.6 Å². The molecule has 1 heterocycles. The molecule has 27 heavy (non-hydrogen) atoms. The highest BCUT2D eigenvalue weighted by Crippen LogP contribution is 2.34. The lowest BCUT2D eigenvalue weighted by Crippen LogP contribution is -2.36. The quantitative estimate of drug-likeness (QED) is 0.369. The lowest BCUT2D eigenvalue weighted by molar-refractivity contribution is -0.148. The minimum absolute atomic E-state index is 0.0431. The van der Waals surface area contributed by atoms with Gasteiger partial charge in [0.05, 0.1) is 12.1 Å². The smallest absolute Gasteiger partial charge is 0.327 e. The Bertz CT molecular complexity index is 510. The number of unbranched alkanes of at least 4 members (excludes halogenated alkanes) is 4. The van der Waals surface area contributed by atoms with Gasteiger partial charge in [0.2, 0.25) is 0 Å². The number of carboxylic acids is 1. The summed E-state index contributed by atoms with van der Waals surface area (Å²) in [6, 6.07) is -0.709. The van der Waals surface area contributed by atoms with Crippen LogP contribution in [0.5, 0.6) is 0 Å². The highest BCUT2D eigenvalue weighted by molar-refractivity contribution is 5.86. The molecule has 1 amide bonds. The second-order valence-electron chi connectivity index (χ2n) is 7.53. The van der Waals surface area contributed by atoms with E-state index < -0.39 is 36.4 Å². The van der Waals surface area contributed by atoms with Crippen LogP contribution in [0.15, 0.2) is 12.2 Å². The molecule has 1 fully saturated rings. The summed E-state index contributed by atoms with van der Waals surface area (Å²) in [5.74, 6) is -5.32. The van der Waals surface area contributed by atoms with E-state index in [1.54, 1.807) is 6.08 Å². The number of carbonyl (C=O) groups excluding carboxylic acids is 1. The lowest BCUT2D eigenvalue weighted by atomic mass is 9.97. The molecular formula is C20H33F2NO4. The van der Waals surface area contributed by atoms with Gasteiger partial charge < -0.3 is 15.1 Å². The van der Waals surface area contributed by atoms with E-state index in [0.717, 1.165) is 19.3 Å². The van der Waals surface area contributed by atoms with Crippen molar-refractivity contribution in [3.8, 4) is 0 Å². The van der Waals surface area contributed by atoms with Crippen molar-refractivity contribution in [1.82, 2.24) is 4.90 Å². The summed E-state index contributed by atoms with van der Waals surface area (Å²) in [7, 11) is 0.